The molecule has 3 heteroatoms. The van der Waals surface area contributed by atoms with Crippen molar-refractivity contribution in [1.29, 1.82) is 0 Å². The third-order valence-electron chi connectivity index (χ3n) is 2.21. The van der Waals surface area contributed by atoms with Crippen LogP contribution >= 0.6 is 11.3 Å². The van der Waals surface area contributed by atoms with Crippen molar-refractivity contribution in [3.63, 3.8) is 0 Å². The minimum atomic E-state index is -0.266. The number of rotatable bonds is 5. The molecule has 0 saturated carbocycles. The molecule has 78 valence electrons. The summed E-state index contributed by atoms with van der Waals surface area (Å²) in [6, 6.07) is 1.97. The molecule has 0 aliphatic heterocycles. The molecule has 1 heterocycles. The van der Waals surface area contributed by atoms with Crippen LogP contribution in [0.4, 0.5) is 0 Å². The lowest BCUT2D eigenvalue weighted by Crippen LogP contribution is -2.22. The van der Waals surface area contributed by atoms with E-state index in [1.807, 2.05) is 18.4 Å². The topological polar surface area (TPSA) is 26.3 Å². The number of aryl methyl sites for hydroxylation is 1. The van der Waals surface area contributed by atoms with Crippen molar-refractivity contribution < 1.29 is 9.53 Å². The van der Waals surface area contributed by atoms with Gasteiger partial charge in [-0.2, -0.15) is 0 Å². The number of ketones is 1. The van der Waals surface area contributed by atoms with Crippen molar-refractivity contribution in [2.45, 2.75) is 32.8 Å². The van der Waals surface area contributed by atoms with E-state index in [-0.39, 0.29) is 11.9 Å². The predicted octanol–water partition coefficient (Wildman–Crippen LogP) is 3.05. The molecule has 2 nitrogen and oxygen atoms in total. The van der Waals surface area contributed by atoms with Gasteiger partial charge in [0.1, 0.15) is 6.10 Å². The maximum absolute atomic E-state index is 11.9. The van der Waals surface area contributed by atoms with Crippen molar-refractivity contribution in [2.24, 2.45) is 0 Å². The van der Waals surface area contributed by atoms with Crippen LogP contribution in [-0.2, 0) is 4.74 Å². The van der Waals surface area contributed by atoms with E-state index in [0.717, 1.165) is 23.3 Å². The van der Waals surface area contributed by atoms with Crippen molar-refractivity contribution >= 4 is 17.1 Å². The van der Waals surface area contributed by atoms with Crippen LogP contribution in [0.5, 0.6) is 0 Å². The molecule has 0 radical (unpaired) electrons. The molecule has 0 aliphatic rings. The van der Waals surface area contributed by atoms with E-state index >= 15 is 0 Å². The Kier molecular flexibility index (Phi) is 4.29. The molecule has 0 saturated heterocycles. The van der Waals surface area contributed by atoms with Crippen LogP contribution in [0.1, 0.15) is 35.0 Å². The summed E-state index contributed by atoms with van der Waals surface area (Å²) in [5, 5.41) is 1.95. The van der Waals surface area contributed by atoms with Gasteiger partial charge in [-0.05, 0) is 30.4 Å². The van der Waals surface area contributed by atoms with E-state index in [4.69, 9.17) is 4.74 Å². The first kappa shape index (κ1) is 11.4. The van der Waals surface area contributed by atoms with E-state index in [1.54, 1.807) is 7.11 Å². The zero-order chi connectivity index (χ0) is 10.6. The summed E-state index contributed by atoms with van der Waals surface area (Å²) in [5.74, 6) is 0.127. The Labute approximate surface area is 88.9 Å². The molecule has 0 aromatic carbocycles. The SMILES string of the molecule is CCCC(OC)C(=O)c1sccc1C. The Hall–Kier alpha value is -0.670. The number of carbonyl (C=O) groups excluding carboxylic acids is 1. The smallest absolute Gasteiger partial charge is 0.201 e. The highest BCUT2D eigenvalue weighted by Gasteiger charge is 2.20. The molecular formula is C11H16O2S. The second-order valence-corrected chi connectivity index (χ2v) is 4.23. The van der Waals surface area contributed by atoms with Crippen LogP contribution in [0.15, 0.2) is 11.4 Å². The molecular weight excluding hydrogens is 196 g/mol. The van der Waals surface area contributed by atoms with E-state index in [1.165, 1.54) is 11.3 Å². The average molecular weight is 212 g/mol. The molecule has 14 heavy (non-hydrogen) atoms. The number of Topliss-reactive ketones (excluding diaryl/α,β-unsaturated/α-hetero) is 1. The quantitative estimate of drug-likeness (QED) is 0.701. The largest absolute Gasteiger partial charge is 0.373 e. The van der Waals surface area contributed by atoms with Gasteiger partial charge >= 0.3 is 0 Å². The predicted molar refractivity (Wildman–Crippen MR) is 59.1 cm³/mol. The highest BCUT2D eigenvalue weighted by atomic mass is 32.1. The summed E-state index contributed by atoms with van der Waals surface area (Å²) in [6.45, 7) is 4.02. The van der Waals surface area contributed by atoms with Crippen molar-refractivity contribution in [3.05, 3.63) is 21.9 Å². The van der Waals surface area contributed by atoms with Crippen molar-refractivity contribution in [2.75, 3.05) is 7.11 Å². The Bertz CT molecular complexity index is 304. The number of thiophene rings is 1. The van der Waals surface area contributed by atoms with E-state index in [0.29, 0.717) is 0 Å². The normalized spacial score (nSPS) is 12.8. The number of carbonyl (C=O) groups is 1. The van der Waals surface area contributed by atoms with Gasteiger partial charge < -0.3 is 4.74 Å². The van der Waals surface area contributed by atoms with E-state index in [9.17, 15) is 4.79 Å². The third-order valence-corrected chi connectivity index (χ3v) is 3.24. The monoisotopic (exact) mass is 212 g/mol. The molecule has 0 aliphatic carbocycles. The maximum atomic E-state index is 11.9. The molecule has 1 unspecified atom stereocenters. The summed E-state index contributed by atoms with van der Waals surface area (Å²) < 4.78 is 5.19. The fraction of sp³-hybridized carbons (Fsp3) is 0.545. The van der Waals surface area contributed by atoms with Gasteiger partial charge in [0.05, 0.1) is 4.88 Å². The van der Waals surface area contributed by atoms with Crippen LogP contribution in [-0.4, -0.2) is 19.0 Å². The maximum Gasteiger partial charge on any atom is 0.201 e. The van der Waals surface area contributed by atoms with Crippen molar-refractivity contribution in [1.82, 2.24) is 0 Å². The Morgan fingerprint density at radius 3 is 2.79 bits per heavy atom. The lowest BCUT2D eigenvalue weighted by atomic mass is 10.1. The fourth-order valence-corrected chi connectivity index (χ4v) is 2.30. The van der Waals surface area contributed by atoms with Crippen LogP contribution in [0.3, 0.4) is 0 Å². The van der Waals surface area contributed by atoms with Gasteiger partial charge in [-0.3, -0.25) is 4.79 Å². The van der Waals surface area contributed by atoms with Gasteiger partial charge in [0.15, 0.2) is 0 Å². The Morgan fingerprint density at radius 1 is 1.64 bits per heavy atom. The first-order valence-corrected chi connectivity index (χ1v) is 5.69. The molecule has 0 amide bonds. The van der Waals surface area contributed by atoms with Gasteiger partial charge in [-0.25, -0.2) is 0 Å². The summed E-state index contributed by atoms with van der Waals surface area (Å²) in [7, 11) is 1.60. The van der Waals surface area contributed by atoms with Gasteiger partial charge in [-0.1, -0.05) is 13.3 Å². The molecule has 1 rings (SSSR count). The summed E-state index contributed by atoms with van der Waals surface area (Å²) >= 11 is 1.50. The molecule has 1 aromatic rings. The molecule has 1 aromatic heterocycles. The van der Waals surface area contributed by atoms with Crippen LogP contribution in [0.25, 0.3) is 0 Å². The minimum absolute atomic E-state index is 0.127. The van der Waals surface area contributed by atoms with Gasteiger partial charge in [0.25, 0.3) is 0 Å². The lowest BCUT2D eigenvalue weighted by molar-refractivity contribution is 0.0582. The second kappa shape index (κ2) is 5.27. The summed E-state index contributed by atoms with van der Waals surface area (Å²) in [6.07, 6.45) is 1.50. The molecule has 0 N–H and O–H groups in total. The summed E-state index contributed by atoms with van der Waals surface area (Å²) in [4.78, 5) is 12.8. The lowest BCUT2D eigenvalue weighted by Gasteiger charge is -2.12. The zero-order valence-corrected chi connectivity index (χ0v) is 9.69. The molecule has 1 atom stereocenters. The highest BCUT2D eigenvalue weighted by Crippen LogP contribution is 2.20. The highest BCUT2D eigenvalue weighted by molar-refractivity contribution is 7.12. The molecule has 0 bridgehead atoms. The van der Waals surface area contributed by atoms with Crippen LogP contribution in [0, 0.1) is 6.92 Å². The van der Waals surface area contributed by atoms with E-state index < -0.39 is 0 Å². The van der Waals surface area contributed by atoms with Crippen LogP contribution in [0.2, 0.25) is 0 Å². The minimum Gasteiger partial charge on any atom is -0.373 e. The Morgan fingerprint density at radius 2 is 2.36 bits per heavy atom. The first-order valence-electron chi connectivity index (χ1n) is 4.81. The van der Waals surface area contributed by atoms with Gasteiger partial charge in [0.2, 0.25) is 5.78 Å². The first-order chi connectivity index (χ1) is 6.70. The van der Waals surface area contributed by atoms with Gasteiger partial charge in [-0.15, -0.1) is 11.3 Å². The second-order valence-electron chi connectivity index (χ2n) is 3.31. The molecule has 0 fully saturated rings. The van der Waals surface area contributed by atoms with Crippen molar-refractivity contribution in [3.8, 4) is 0 Å². The number of hydrogen-bond donors (Lipinski definition) is 0. The van der Waals surface area contributed by atoms with Crippen LogP contribution < -0.4 is 0 Å². The number of hydrogen-bond acceptors (Lipinski definition) is 3. The average Bonchev–Trinajstić information content (AvgIpc) is 2.59. The Balaban J connectivity index is 2.78. The van der Waals surface area contributed by atoms with Gasteiger partial charge in [0, 0.05) is 7.11 Å². The zero-order valence-electron chi connectivity index (χ0n) is 8.87. The molecule has 0 spiro atoms. The standard InChI is InChI=1S/C11H16O2S/c1-4-5-9(13-3)10(12)11-8(2)6-7-14-11/h6-7,9H,4-5H2,1-3H3. The van der Waals surface area contributed by atoms with E-state index in [2.05, 4.69) is 6.92 Å². The fourth-order valence-electron chi connectivity index (χ4n) is 1.39. The number of ether oxygens (including phenoxy) is 1. The number of methoxy groups -OCH3 is 1. The summed E-state index contributed by atoms with van der Waals surface area (Å²) in [5.41, 5.74) is 1.05. The third kappa shape index (κ3) is 2.42.